The fourth-order valence-corrected chi connectivity index (χ4v) is 4.50. The number of oxazole rings is 1. The number of carbonyl (C=O) groups is 1. The van der Waals surface area contributed by atoms with Gasteiger partial charge in [-0.15, -0.1) is 0 Å². The lowest BCUT2D eigenvalue weighted by molar-refractivity contribution is 0.0690. The van der Waals surface area contributed by atoms with Crippen LogP contribution in [0.3, 0.4) is 0 Å². The molecule has 1 aliphatic carbocycles. The number of aromatic nitrogens is 1. The van der Waals surface area contributed by atoms with Gasteiger partial charge in [0.05, 0.1) is 6.54 Å². The van der Waals surface area contributed by atoms with E-state index in [1.165, 1.54) is 31.6 Å². The summed E-state index contributed by atoms with van der Waals surface area (Å²) in [4.78, 5) is 23.3. The summed E-state index contributed by atoms with van der Waals surface area (Å²) in [7, 11) is 1.85. The molecule has 1 saturated carbocycles. The Bertz CT molecular complexity index is 889. The molecule has 0 spiro atoms. The molecule has 2 heterocycles. The number of piperazine rings is 1. The Morgan fingerprint density at radius 2 is 1.77 bits per heavy atom. The van der Waals surface area contributed by atoms with Crippen LogP contribution in [-0.2, 0) is 13.1 Å². The van der Waals surface area contributed by atoms with E-state index in [1.807, 2.05) is 11.9 Å². The van der Waals surface area contributed by atoms with Crippen LogP contribution in [-0.4, -0.2) is 64.9 Å². The van der Waals surface area contributed by atoms with Gasteiger partial charge in [-0.1, -0.05) is 31.4 Å². The molecule has 168 valence electrons. The average molecular weight is 433 g/mol. The number of hydrogen-bond acceptors (Lipinski definition) is 5. The number of rotatable bonds is 6. The largest absolute Gasteiger partial charge is 0.447 e. The maximum absolute atomic E-state index is 13.9. The van der Waals surface area contributed by atoms with Crippen LogP contribution < -0.4 is 0 Å². The van der Waals surface area contributed by atoms with Gasteiger partial charge in [-0.2, -0.15) is 0 Å². The normalized spacial score (nSPS) is 18.9. The number of nitrogens with zero attached hydrogens (tertiary/aromatic N) is 4. The smallest absolute Gasteiger partial charge is 0.275 e. The summed E-state index contributed by atoms with van der Waals surface area (Å²) in [6.45, 7) is 3.94. The van der Waals surface area contributed by atoms with Crippen LogP contribution in [0.25, 0.3) is 0 Å². The first-order valence-corrected chi connectivity index (χ1v) is 11.1. The third-order valence-electron chi connectivity index (χ3n) is 6.46. The van der Waals surface area contributed by atoms with Crippen molar-refractivity contribution in [1.82, 2.24) is 19.7 Å². The first kappa shape index (κ1) is 21.9. The molecule has 0 atom stereocenters. The number of amides is 1. The molecule has 4 rings (SSSR count). The highest BCUT2D eigenvalue weighted by Gasteiger charge is 2.26. The van der Waals surface area contributed by atoms with Crippen LogP contribution in [0.2, 0.25) is 0 Å². The van der Waals surface area contributed by atoms with Crippen molar-refractivity contribution in [3.63, 3.8) is 0 Å². The van der Waals surface area contributed by atoms with Crippen molar-refractivity contribution in [2.75, 3.05) is 33.2 Å². The Kier molecular flexibility index (Phi) is 6.97. The molecule has 2 aliphatic rings. The Hall–Kier alpha value is -2.32. The molecule has 1 aliphatic heterocycles. The van der Waals surface area contributed by atoms with E-state index in [-0.39, 0.29) is 11.9 Å². The van der Waals surface area contributed by atoms with Crippen molar-refractivity contribution >= 4 is 5.91 Å². The van der Waals surface area contributed by atoms with Crippen LogP contribution in [0.4, 0.5) is 8.78 Å². The molecule has 1 aromatic heterocycles. The van der Waals surface area contributed by atoms with Gasteiger partial charge < -0.3 is 9.32 Å². The van der Waals surface area contributed by atoms with Gasteiger partial charge in [0.15, 0.2) is 17.3 Å². The summed E-state index contributed by atoms with van der Waals surface area (Å²) in [6, 6.07) is 4.59. The second-order valence-electron chi connectivity index (χ2n) is 8.60. The molecule has 8 heteroatoms. The fourth-order valence-electron chi connectivity index (χ4n) is 4.50. The van der Waals surface area contributed by atoms with Crippen LogP contribution in [0.1, 0.15) is 54.0 Å². The Morgan fingerprint density at radius 3 is 2.48 bits per heavy atom. The molecule has 6 nitrogen and oxygen atoms in total. The topological polar surface area (TPSA) is 52.8 Å². The summed E-state index contributed by atoms with van der Waals surface area (Å²) in [5.41, 5.74) is 0.745. The maximum Gasteiger partial charge on any atom is 0.275 e. The van der Waals surface area contributed by atoms with Crippen molar-refractivity contribution in [3.05, 3.63) is 53.2 Å². The van der Waals surface area contributed by atoms with E-state index >= 15 is 0 Å². The van der Waals surface area contributed by atoms with Crippen LogP contribution >= 0.6 is 0 Å². The fraction of sp³-hybridized carbons (Fsp3) is 0.565. The molecule has 1 amide bonds. The monoisotopic (exact) mass is 432 g/mol. The minimum Gasteiger partial charge on any atom is -0.447 e. The molecule has 0 radical (unpaired) electrons. The average Bonchev–Trinajstić information content (AvgIpc) is 3.26. The SMILES string of the molecule is CN(C(=O)c1coc(CN2CCN(Cc3cccc(F)c3F)CC2)n1)C1CCCCC1. The third kappa shape index (κ3) is 5.30. The van der Waals surface area contributed by atoms with Gasteiger partial charge in [0.25, 0.3) is 5.91 Å². The highest BCUT2D eigenvalue weighted by atomic mass is 19.2. The minimum absolute atomic E-state index is 0.0798. The van der Waals surface area contributed by atoms with Crippen molar-refractivity contribution < 1.29 is 18.0 Å². The van der Waals surface area contributed by atoms with Gasteiger partial charge in [-0.25, -0.2) is 13.8 Å². The van der Waals surface area contributed by atoms with Crippen molar-refractivity contribution in [2.24, 2.45) is 0 Å². The number of benzene rings is 1. The van der Waals surface area contributed by atoms with Crippen LogP contribution in [0.5, 0.6) is 0 Å². The van der Waals surface area contributed by atoms with E-state index in [9.17, 15) is 13.6 Å². The summed E-state index contributed by atoms with van der Waals surface area (Å²) in [5, 5.41) is 0. The molecule has 0 bridgehead atoms. The zero-order chi connectivity index (χ0) is 21.8. The molecule has 2 aromatic rings. The minimum atomic E-state index is -0.806. The molecule has 31 heavy (non-hydrogen) atoms. The summed E-state index contributed by atoms with van der Waals surface area (Å²) in [5.74, 6) is -1.12. The van der Waals surface area contributed by atoms with Crippen molar-refractivity contribution in [3.8, 4) is 0 Å². The maximum atomic E-state index is 13.9. The standard InChI is InChI=1S/C23H30F2N4O2/c1-27(18-7-3-2-4-8-18)23(30)20-16-31-21(26-20)15-29-12-10-28(11-13-29)14-17-6-5-9-19(24)22(17)25/h5-6,9,16,18H,2-4,7-8,10-15H2,1H3. The van der Waals surface area contributed by atoms with Gasteiger partial charge in [0.2, 0.25) is 5.89 Å². The number of halogens is 2. The zero-order valence-corrected chi connectivity index (χ0v) is 18.0. The number of hydrogen-bond donors (Lipinski definition) is 0. The molecule has 1 saturated heterocycles. The van der Waals surface area contributed by atoms with Gasteiger partial charge in [-0.3, -0.25) is 14.6 Å². The van der Waals surface area contributed by atoms with Gasteiger partial charge in [0, 0.05) is 51.4 Å². The summed E-state index contributed by atoms with van der Waals surface area (Å²) >= 11 is 0. The van der Waals surface area contributed by atoms with Gasteiger partial charge >= 0.3 is 0 Å². The first-order chi connectivity index (χ1) is 15.0. The zero-order valence-electron chi connectivity index (χ0n) is 18.0. The van der Waals surface area contributed by atoms with E-state index < -0.39 is 11.6 Å². The van der Waals surface area contributed by atoms with E-state index in [0.717, 1.165) is 45.1 Å². The molecular weight excluding hydrogens is 402 g/mol. The summed E-state index contributed by atoms with van der Waals surface area (Å²) < 4.78 is 32.9. The first-order valence-electron chi connectivity index (χ1n) is 11.1. The predicted molar refractivity (Wildman–Crippen MR) is 112 cm³/mol. The van der Waals surface area contributed by atoms with Gasteiger partial charge in [0.1, 0.15) is 6.26 Å². The Balaban J connectivity index is 1.27. The molecule has 1 aromatic carbocycles. The lowest BCUT2D eigenvalue weighted by atomic mass is 9.94. The molecule has 0 unspecified atom stereocenters. The Labute approximate surface area is 181 Å². The summed E-state index contributed by atoms with van der Waals surface area (Å²) in [6.07, 6.45) is 7.15. The van der Waals surface area contributed by atoms with E-state index in [2.05, 4.69) is 14.8 Å². The van der Waals surface area contributed by atoms with Gasteiger partial charge in [-0.05, 0) is 18.9 Å². The second-order valence-corrected chi connectivity index (χ2v) is 8.60. The molecular formula is C23H30F2N4O2. The highest BCUT2D eigenvalue weighted by Crippen LogP contribution is 2.23. The van der Waals surface area contributed by atoms with E-state index in [0.29, 0.717) is 30.2 Å². The lowest BCUT2D eigenvalue weighted by Crippen LogP contribution is -2.45. The van der Waals surface area contributed by atoms with E-state index in [1.54, 1.807) is 6.07 Å². The van der Waals surface area contributed by atoms with Crippen molar-refractivity contribution in [2.45, 2.75) is 51.2 Å². The highest BCUT2D eigenvalue weighted by molar-refractivity contribution is 5.92. The Morgan fingerprint density at radius 1 is 1.10 bits per heavy atom. The van der Waals surface area contributed by atoms with Crippen molar-refractivity contribution in [1.29, 1.82) is 0 Å². The van der Waals surface area contributed by atoms with E-state index in [4.69, 9.17) is 4.42 Å². The lowest BCUT2D eigenvalue weighted by Gasteiger charge is -2.34. The molecule has 2 fully saturated rings. The molecule has 0 N–H and O–H groups in total. The predicted octanol–water partition coefficient (Wildman–Crippen LogP) is 3.68. The quantitative estimate of drug-likeness (QED) is 0.697. The third-order valence-corrected chi connectivity index (χ3v) is 6.46. The van der Waals surface area contributed by atoms with Crippen LogP contribution in [0, 0.1) is 11.6 Å². The number of carbonyl (C=O) groups excluding carboxylic acids is 1. The van der Waals surface area contributed by atoms with Crippen LogP contribution in [0.15, 0.2) is 28.9 Å². The second kappa shape index (κ2) is 9.87.